The number of aliphatic hydroxyl groups is 1. The van der Waals surface area contributed by atoms with Crippen molar-refractivity contribution < 1.29 is 5.11 Å². The molecule has 21 heavy (non-hydrogen) atoms. The van der Waals surface area contributed by atoms with Crippen LogP contribution in [-0.4, -0.2) is 11.7 Å². The fourth-order valence-electron chi connectivity index (χ4n) is 5.77. The highest BCUT2D eigenvalue weighted by atomic mass is 16.3. The van der Waals surface area contributed by atoms with Gasteiger partial charge in [0.15, 0.2) is 0 Å². The molecule has 0 aliphatic heterocycles. The van der Waals surface area contributed by atoms with E-state index in [0.717, 1.165) is 0 Å². The van der Waals surface area contributed by atoms with Gasteiger partial charge >= 0.3 is 0 Å². The molecular formula is C20H32O. The number of hydrogen-bond acceptors (Lipinski definition) is 1. The van der Waals surface area contributed by atoms with Crippen LogP contribution in [0.2, 0.25) is 0 Å². The molecule has 5 atom stereocenters. The van der Waals surface area contributed by atoms with Gasteiger partial charge in [-0.05, 0) is 67.6 Å². The first-order valence-electron chi connectivity index (χ1n) is 8.89. The summed E-state index contributed by atoms with van der Waals surface area (Å²) in [5.74, 6) is 2.01. The molecule has 0 heterocycles. The first-order chi connectivity index (χ1) is 9.90. The maximum atomic E-state index is 10.0. The SMILES string of the molecule is CC1=CCC2C(=CC1C)CCC1C(C)(CO)CCCC21C. The molecule has 0 spiro atoms. The molecule has 3 rings (SSSR count). The van der Waals surface area contributed by atoms with Gasteiger partial charge in [-0.2, -0.15) is 0 Å². The summed E-state index contributed by atoms with van der Waals surface area (Å²) in [5.41, 5.74) is 3.80. The Hall–Kier alpha value is -0.560. The summed E-state index contributed by atoms with van der Waals surface area (Å²) >= 11 is 0. The van der Waals surface area contributed by atoms with Crippen LogP contribution in [0.1, 0.15) is 66.2 Å². The molecule has 0 aromatic heterocycles. The fourth-order valence-corrected chi connectivity index (χ4v) is 5.77. The largest absolute Gasteiger partial charge is 0.396 e. The van der Waals surface area contributed by atoms with Crippen LogP contribution in [0.3, 0.4) is 0 Å². The van der Waals surface area contributed by atoms with E-state index >= 15 is 0 Å². The minimum Gasteiger partial charge on any atom is -0.396 e. The van der Waals surface area contributed by atoms with Crippen molar-refractivity contribution in [1.82, 2.24) is 0 Å². The van der Waals surface area contributed by atoms with Crippen LogP contribution in [-0.2, 0) is 0 Å². The van der Waals surface area contributed by atoms with Crippen molar-refractivity contribution in [3.63, 3.8) is 0 Å². The van der Waals surface area contributed by atoms with E-state index in [1.165, 1.54) is 44.1 Å². The van der Waals surface area contributed by atoms with Gasteiger partial charge in [-0.3, -0.25) is 0 Å². The lowest BCUT2D eigenvalue weighted by Crippen LogP contribution is -2.51. The van der Waals surface area contributed by atoms with Gasteiger partial charge in [-0.1, -0.05) is 50.5 Å². The zero-order chi connectivity index (χ0) is 15.3. The second-order valence-corrected chi connectivity index (χ2v) is 8.53. The Labute approximate surface area is 130 Å². The zero-order valence-corrected chi connectivity index (χ0v) is 14.3. The van der Waals surface area contributed by atoms with Gasteiger partial charge in [0.1, 0.15) is 0 Å². The van der Waals surface area contributed by atoms with E-state index in [1.54, 1.807) is 5.57 Å². The average molecular weight is 288 g/mol. The molecule has 0 radical (unpaired) electrons. The highest BCUT2D eigenvalue weighted by Crippen LogP contribution is 2.62. The maximum absolute atomic E-state index is 10.0. The lowest BCUT2D eigenvalue weighted by atomic mass is 9.47. The average Bonchev–Trinajstić information content (AvgIpc) is 2.59. The van der Waals surface area contributed by atoms with Crippen LogP contribution in [0.25, 0.3) is 0 Å². The third kappa shape index (κ3) is 2.32. The first kappa shape index (κ1) is 15.3. The van der Waals surface area contributed by atoms with E-state index in [1.807, 2.05) is 0 Å². The summed E-state index contributed by atoms with van der Waals surface area (Å²) < 4.78 is 0. The molecule has 1 nitrogen and oxygen atoms in total. The normalized spacial score (nSPS) is 46.8. The zero-order valence-electron chi connectivity index (χ0n) is 14.3. The summed E-state index contributed by atoms with van der Waals surface area (Å²) in [4.78, 5) is 0. The fraction of sp³-hybridized carbons (Fsp3) is 0.800. The van der Waals surface area contributed by atoms with Gasteiger partial charge in [-0.15, -0.1) is 0 Å². The molecule has 0 amide bonds. The van der Waals surface area contributed by atoms with E-state index in [2.05, 4.69) is 39.8 Å². The predicted molar refractivity (Wildman–Crippen MR) is 89.0 cm³/mol. The highest BCUT2D eigenvalue weighted by Gasteiger charge is 2.54. The Balaban J connectivity index is 1.99. The molecule has 0 saturated heterocycles. The number of aliphatic hydroxyl groups excluding tert-OH is 1. The van der Waals surface area contributed by atoms with Gasteiger partial charge in [0.2, 0.25) is 0 Å². The maximum Gasteiger partial charge on any atom is 0.0487 e. The Bertz CT molecular complexity index is 474. The molecule has 5 unspecified atom stereocenters. The molecule has 1 N–H and O–H groups in total. The van der Waals surface area contributed by atoms with Crippen molar-refractivity contribution in [1.29, 1.82) is 0 Å². The van der Waals surface area contributed by atoms with E-state index in [0.29, 0.717) is 29.8 Å². The minimum absolute atomic E-state index is 0.148. The lowest BCUT2D eigenvalue weighted by molar-refractivity contribution is -0.0839. The van der Waals surface area contributed by atoms with Crippen LogP contribution in [0.15, 0.2) is 23.3 Å². The number of hydrogen-bond donors (Lipinski definition) is 1. The van der Waals surface area contributed by atoms with E-state index < -0.39 is 0 Å². The van der Waals surface area contributed by atoms with Crippen LogP contribution in [0.4, 0.5) is 0 Å². The molecule has 0 bridgehead atoms. The monoisotopic (exact) mass is 288 g/mol. The van der Waals surface area contributed by atoms with Gasteiger partial charge in [-0.25, -0.2) is 0 Å². The molecule has 2 saturated carbocycles. The van der Waals surface area contributed by atoms with Crippen LogP contribution in [0.5, 0.6) is 0 Å². The smallest absolute Gasteiger partial charge is 0.0487 e. The summed E-state index contributed by atoms with van der Waals surface area (Å²) in [5, 5.41) is 10.0. The molecular weight excluding hydrogens is 256 g/mol. The topological polar surface area (TPSA) is 20.2 Å². The molecule has 1 heteroatoms. The second kappa shape index (κ2) is 5.26. The van der Waals surface area contributed by atoms with Crippen LogP contribution in [0, 0.1) is 28.6 Å². The van der Waals surface area contributed by atoms with E-state index in [9.17, 15) is 5.11 Å². The van der Waals surface area contributed by atoms with Gasteiger partial charge in [0.25, 0.3) is 0 Å². The summed E-state index contributed by atoms with van der Waals surface area (Å²) in [7, 11) is 0. The van der Waals surface area contributed by atoms with Crippen molar-refractivity contribution in [3.05, 3.63) is 23.3 Å². The second-order valence-electron chi connectivity index (χ2n) is 8.53. The number of rotatable bonds is 1. The summed E-state index contributed by atoms with van der Waals surface area (Å²) in [6, 6.07) is 0. The molecule has 3 aliphatic rings. The standard InChI is InChI=1S/C20H32O/c1-14-6-8-17-16(12-15(14)2)7-9-18-19(3,13-21)10-5-11-20(17,18)4/h6,12,15,17-18,21H,5,7-11,13H2,1-4H3. The van der Waals surface area contributed by atoms with E-state index in [4.69, 9.17) is 0 Å². The Morgan fingerprint density at radius 3 is 2.76 bits per heavy atom. The Kier molecular flexibility index (Phi) is 3.84. The summed E-state index contributed by atoms with van der Waals surface area (Å²) in [6.07, 6.45) is 12.7. The van der Waals surface area contributed by atoms with Gasteiger partial charge in [0.05, 0.1) is 0 Å². The third-order valence-electron chi connectivity index (χ3n) is 7.29. The Morgan fingerprint density at radius 1 is 1.29 bits per heavy atom. The summed E-state index contributed by atoms with van der Waals surface area (Å²) in [6.45, 7) is 9.86. The number of allylic oxidation sites excluding steroid dienone is 4. The Morgan fingerprint density at radius 2 is 2.05 bits per heavy atom. The van der Waals surface area contributed by atoms with Gasteiger partial charge < -0.3 is 5.11 Å². The predicted octanol–water partition coefficient (Wildman–Crippen LogP) is 5.11. The van der Waals surface area contributed by atoms with Crippen molar-refractivity contribution in [2.45, 2.75) is 66.2 Å². The highest BCUT2D eigenvalue weighted by molar-refractivity contribution is 5.27. The molecule has 3 aliphatic carbocycles. The number of fused-ring (bicyclic) bond motifs is 3. The van der Waals surface area contributed by atoms with Crippen LogP contribution < -0.4 is 0 Å². The molecule has 118 valence electrons. The van der Waals surface area contributed by atoms with Crippen molar-refractivity contribution >= 4 is 0 Å². The van der Waals surface area contributed by atoms with Crippen LogP contribution >= 0.6 is 0 Å². The molecule has 0 aromatic carbocycles. The quantitative estimate of drug-likeness (QED) is 0.664. The van der Waals surface area contributed by atoms with Crippen molar-refractivity contribution in [2.75, 3.05) is 6.61 Å². The molecule has 0 aromatic rings. The lowest BCUT2D eigenvalue weighted by Gasteiger charge is -2.58. The van der Waals surface area contributed by atoms with Crippen molar-refractivity contribution in [2.24, 2.45) is 28.6 Å². The molecule has 2 fully saturated rings. The van der Waals surface area contributed by atoms with Gasteiger partial charge in [0, 0.05) is 6.61 Å². The van der Waals surface area contributed by atoms with E-state index in [-0.39, 0.29) is 5.41 Å². The first-order valence-corrected chi connectivity index (χ1v) is 8.89. The third-order valence-corrected chi connectivity index (χ3v) is 7.29. The van der Waals surface area contributed by atoms with Crippen molar-refractivity contribution in [3.8, 4) is 0 Å². The minimum atomic E-state index is 0.148.